The molecule has 146 valence electrons. The minimum Gasteiger partial charge on any atom is -0.463 e. The van der Waals surface area contributed by atoms with Gasteiger partial charge in [0.15, 0.2) is 5.78 Å². The van der Waals surface area contributed by atoms with Crippen LogP contribution in [0, 0.1) is 0 Å². The highest BCUT2D eigenvalue weighted by Gasteiger charge is 2.32. The van der Waals surface area contributed by atoms with Crippen LogP contribution in [0.25, 0.3) is 0 Å². The summed E-state index contributed by atoms with van der Waals surface area (Å²) < 4.78 is 10.2. The number of thiophene rings is 1. The Balaban J connectivity index is 1.98. The van der Waals surface area contributed by atoms with Gasteiger partial charge in [0.25, 0.3) is 0 Å². The van der Waals surface area contributed by atoms with Gasteiger partial charge in [-0.25, -0.2) is 9.59 Å². The fourth-order valence-corrected chi connectivity index (χ4v) is 3.27. The van der Waals surface area contributed by atoms with E-state index in [1.54, 1.807) is 24.4 Å². The first-order chi connectivity index (χ1) is 13.0. The maximum atomic E-state index is 12.2. The third kappa shape index (κ3) is 5.65. The number of amides is 2. The summed E-state index contributed by atoms with van der Waals surface area (Å²) in [6, 6.07) is 2.47. The molecule has 9 heteroatoms. The second-order valence-electron chi connectivity index (χ2n) is 5.73. The molecule has 8 nitrogen and oxygen atoms in total. The maximum absolute atomic E-state index is 12.2. The molecule has 0 bridgehead atoms. The van der Waals surface area contributed by atoms with Crippen molar-refractivity contribution in [3.8, 4) is 0 Å². The Bertz CT molecular complexity index is 741. The quantitative estimate of drug-likeness (QED) is 0.490. The summed E-state index contributed by atoms with van der Waals surface area (Å²) in [6.07, 6.45) is 0.436. The lowest BCUT2D eigenvalue weighted by Crippen LogP contribution is -2.51. The van der Waals surface area contributed by atoms with Crippen molar-refractivity contribution in [1.82, 2.24) is 10.6 Å². The molecule has 0 spiro atoms. The second kappa shape index (κ2) is 9.86. The Morgan fingerprint density at radius 1 is 1.19 bits per heavy atom. The summed E-state index contributed by atoms with van der Waals surface area (Å²) >= 11 is 1.31. The minimum absolute atomic E-state index is 0.0363. The topological polar surface area (TPSA) is 111 Å². The normalized spacial score (nSPS) is 16.4. The molecule has 1 aliphatic heterocycles. The Kier molecular flexibility index (Phi) is 7.54. The summed E-state index contributed by atoms with van der Waals surface area (Å²) in [5, 5.41) is 6.93. The summed E-state index contributed by atoms with van der Waals surface area (Å²) in [5.41, 5.74) is 0.434. The van der Waals surface area contributed by atoms with Crippen LogP contribution in [-0.2, 0) is 19.1 Å². The predicted octanol–water partition coefficient (Wildman–Crippen LogP) is 2.16. The molecule has 1 atom stereocenters. The summed E-state index contributed by atoms with van der Waals surface area (Å²) in [5.74, 6) is -1.29. The smallest absolute Gasteiger partial charge is 0.338 e. The number of nitrogens with one attached hydrogen (secondary N) is 2. The Labute approximate surface area is 160 Å². The van der Waals surface area contributed by atoms with Gasteiger partial charge < -0.3 is 20.1 Å². The van der Waals surface area contributed by atoms with E-state index >= 15 is 0 Å². The van der Waals surface area contributed by atoms with Crippen LogP contribution in [0.1, 0.15) is 42.8 Å². The van der Waals surface area contributed by atoms with Gasteiger partial charge in [-0.05, 0) is 24.8 Å². The van der Waals surface area contributed by atoms with Crippen molar-refractivity contribution in [1.29, 1.82) is 0 Å². The van der Waals surface area contributed by atoms with Crippen LogP contribution in [0.15, 0.2) is 28.8 Å². The number of hydrogen-bond donors (Lipinski definition) is 2. The van der Waals surface area contributed by atoms with Crippen LogP contribution in [0.3, 0.4) is 0 Å². The van der Waals surface area contributed by atoms with Crippen molar-refractivity contribution in [3.63, 3.8) is 0 Å². The highest BCUT2D eigenvalue weighted by Crippen LogP contribution is 2.18. The molecular formula is C18H22N2O6S. The second-order valence-corrected chi connectivity index (χ2v) is 6.68. The first-order valence-corrected chi connectivity index (χ1v) is 9.54. The van der Waals surface area contributed by atoms with Gasteiger partial charge in [0.1, 0.15) is 6.61 Å². The maximum Gasteiger partial charge on any atom is 0.338 e. The van der Waals surface area contributed by atoms with Gasteiger partial charge in [0.05, 0.1) is 35.2 Å². The average molecular weight is 394 g/mol. The van der Waals surface area contributed by atoms with E-state index in [1.165, 1.54) is 11.3 Å². The van der Waals surface area contributed by atoms with Crippen LogP contribution in [0.5, 0.6) is 0 Å². The average Bonchev–Trinajstić information content (AvgIpc) is 3.18. The number of ketones is 1. The van der Waals surface area contributed by atoms with Crippen molar-refractivity contribution in [2.24, 2.45) is 0 Å². The van der Waals surface area contributed by atoms with Crippen molar-refractivity contribution >= 4 is 35.1 Å². The highest BCUT2D eigenvalue weighted by atomic mass is 32.1. The number of ether oxygens (including phenoxy) is 2. The van der Waals surface area contributed by atoms with E-state index in [-0.39, 0.29) is 43.1 Å². The molecule has 0 unspecified atom stereocenters. The molecule has 0 radical (unpaired) electrons. The molecule has 2 N–H and O–H groups in total. The summed E-state index contributed by atoms with van der Waals surface area (Å²) in [4.78, 5) is 48.5. The van der Waals surface area contributed by atoms with Gasteiger partial charge in [0, 0.05) is 6.42 Å². The predicted molar refractivity (Wildman–Crippen MR) is 98.2 cm³/mol. The number of urea groups is 1. The van der Waals surface area contributed by atoms with Crippen LogP contribution in [-0.4, -0.2) is 43.0 Å². The lowest BCUT2D eigenvalue weighted by molar-refractivity contribution is -0.143. The third-order valence-corrected chi connectivity index (χ3v) is 4.79. The number of carbonyl (C=O) groups is 4. The Morgan fingerprint density at radius 3 is 2.59 bits per heavy atom. The summed E-state index contributed by atoms with van der Waals surface area (Å²) in [7, 11) is 0. The monoisotopic (exact) mass is 394 g/mol. The number of esters is 2. The molecule has 1 aliphatic rings. The third-order valence-electron chi connectivity index (χ3n) is 3.88. The fraction of sp³-hybridized carbons (Fsp3) is 0.444. The number of Topliss-reactive ketones (excluding diaryl/α,β-unsaturated/α-hetero) is 1. The molecule has 0 saturated heterocycles. The van der Waals surface area contributed by atoms with Crippen LogP contribution in [0.2, 0.25) is 0 Å². The zero-order valence-electron chi connectivity index (χ0n) is 15.2. The van der Waals surface area contributed by atoms with Crippen molar-refractivity contribution in [3.05, 3.63) is 33.7 Å². The lowest BCUT2D eigenvalue weighted by atomic mass is 10.0. The van der Waals surface area contributed by atoms with E-state index in [0.29, 0.717) is 11.3 Å². The van der Waals surface area contributed by atoms with E-state index < -0.39 is 24.0 Å². The van der Waals surface area contributed by atoms with Gasteiger partial charge in [0.2, 0.25) is 0 Å². The Morgan fingerprint density at radius 2 is 1.96 bits per heavy atom. The number of carbonyl (C=O) groups excluding carboxylic acids is 4. The van der Waals surface area contributed by atoms with Gasteiger partial charge in [-0.15, -0.1) is 11.3 Å². The van der Waals surface area contributed by atoms with Crippen LogP contribution < -0.4 is 10.6 Å². The molecule has 1 aromatic heterocycles. The SMILES string of the molecule is CCOC(=O)C1=C(COC(=O)CCC(=O)c2cccs2)NC(=O)N[C@H]1CC. The van der Waals surface area contributed by atoms with Crippen LogP contribution in [0.4, 0.5) is 4.79 Å². The fourth-order valence-electron chi connectivity index (χ4n) is 2.58. The molecule has 0 saturated carbocycles. The Hall–Kier alpha value is -2.68. The van der Waals surface area contributed by atoms with Crippen molar-refractivity contribution < 1.29 is 28.7 Å². The molecule has 0 aromatic carbocycles. The number of hydrogen-bond acceptors (Lipinski definition) is 7. The first kappa shape index (κ1) is 20.6. The zero-order chi connectivity index (χ0) is 19.8. The van der Waals surface area contributed by atoms with Crippen LogP contribution >= 0.6 is 11.3 Å². The lowest BCUT2D eigenvalue weighted by Gasteiger charge is -2.28. The zero-order valence-corrected chi connectivity index (χ0v) is 16.0. The van der Waals surface area contributed by atoms with E-state index in [0.717, 1.165) is 0 Å². The molecule has 2 heterocycles. The van der Waals surface area contributed by atoms with E-state index in [2.05, 4.69) is 10.6 Å². The molecule has 27 heavy (non-hydrogen) atoms. The molecule has 1 aromatic rings. The minimum atomic E-state index is -0.587. The van der Waals surface area contributed by atoms with E-state index in [1.807, 2.05) is 6.92 Å². The van der Waals surface area contributed by atoms with Crippen molar-refractivity contribution in [2.75, 3.05) is 13.2 Å². The van der Waals surface area contributed by atoms with Gasteiger partial charge in [-0.1, -0.05) is 13.0 Å². The first-order valence-electron chi connectivity index (χ1n) is 8.66. The van der Waals surface area contributed by atoms with Gasteiger partial charge >= 0.3 is 18.0 Å². The van der Waals surface area contributed by atoms with Gasteiger partial charge in [-0.2, -0.15) is 0 Å². The van der Waals surface area contributed by atoms with Crippen molar-refractivity contribution in [2.45, 2.75) is 39.2 Å². The van der Waals surface area contributed by atoms with E-state index in [9.17, 15) is 19.2 Å². The molecule has 0 fully saturated rings. The molecule has 2 amide bonds. The highest BCUT2D eigenvalue weighted by molar-refractivity contribution is 7.12. The molecule has 0 aliphatic carbocycles. The largest absolute Gasteiger partial charge is 0.463 e. The van der Waals surface area contributed by atoms with E-state index in [4.69, 9.17) is 9.47 Å². The number of rotatable bonds is 9. The molecule has 2 rings (SSSR count). The standard InChI is InChI=1S/C18H22N2O6S/c1-3-11-16(17(23)25-4-2)12(20-18(24)19-11)10-26-15(22)8-7-13(21)14-6-5-9-27-14/h5-6,9,11H,3-4,7-8,10H2,1-2H3,(H2,19,20,24)/t11-/m0/s1. The summed E-state index contributed by atoms with van der Waals surface area (Å²) in [6.45, 7) is 3.41. The van der Waals surface area contributed by atoms with Gasteiger partial charge in [-0.3, -0.25) is 9.59 Å². The molecular weight excluding hydrogens is 372 g/mol.